The molecule has 0 radical (unpaired) electrons. The first-order valence-electron chi connectivity index (χ1n) is 6.43. The van der Waals surface area contributed by atoms with Gasteiger partial charge in [-0.1, -0.05) is 0 Å². The van der Waals surface area contributed by atoms with Gasteiger partial charge in [0.05, 0.1) is 6.61 Å². The summed E-state index contributed by atoms with van der Waals surface area (Å²) in [6.07, 6.45) is -6.40. The quantitative estimate of drug-likeness (QED) is 0.340. The van der Waals surface area contributed by atoms with Gasteiger partial charge in [0.1, 0.15) is 12.2 Å². The van der Waals surface area contributed by atoms with E-state index in [-0.39, 0.29) is 0 Å². The molecular weight excluding hydrogens is 393 g/mol. The number of nitrogens with one attached hydrogen (secondary N) is 1. The summed E-state index contributed by atoms with van der Waals surface area (Å²) in [5.41, 5.74) is -1.77. The lowest BCUT2D eigenvalue weighted by Crippen LogP contribution is -2.35. The molecule has 25 heavy (non-hydrogen) atoms. The van der Waals surface area contributed by atoms with E-state index in [1.54, 1.807) is 0 Å². The molecule has 2 heterocycles. The van der Waals surface area contributed by atoms with E-state index in [0.717, 1.165) is 12.3 Å². The van der Waals surface area contributed by atoms with E-state index in [4.69, 9.17) is 19.4 Å². The van der Waals surface area contributed by atoms with Crippen LogP contribution in [0.4, 0.5) is 4.39 Å². The SMILES string of the molecule is O=c1ccn([C@@H]2O[C@H](COP(=O)(O)OP(=O)(O)O)[C@@H](O)[C@@H]2F)c(=O)[nH]1. The zero-order chi connectivity index (χ0) is 19.0. The molecular formula is C9H13FN2O11P2. The monoisotopic (exact) mass is 406 g/mol. The normalized spacial score (nSPS) is 29.5. The molecule has 1 aromatic heterocycles. The molecule has 1 unspecified atom stereocenters. The van der Waals surface area contributed by atoms with Gasteiger partial charge in [0, 0.05) is 12.3 Å². The van der Waals surface area contributed by atoms with Gasteiger partial charge >= 0.3 is 21.3 Å². The molecule has 16 heteroatoms. The minimum atomic E-state index is -5.34. The van der Waals surface area contributed by atoms with Crippen molar-refractivity contribution in [3.63, 3.8) is 0 Å². The van der Waals surface area contributed by atoms with Crippen LogP contribution >= 0.6 is 15.6 Å². The number of phosphoric acid groups is 2. The van der Waals surface area contributed by atoms with Gasteiger partial charge in [-0.25, -0.2) is 18.3 Å². The van der Waals surface area contributed by atoms with E-state index in [2.05, 4.69) is 8.83 Å². The molecule has 1 fully saturated rings. The Bertz CT molecular complexity index is 833. The Kier molecular flexibility index (Phi) is 5.78. The highest BCUT2D eigenvalue weighted by molar-refractivity contribution is 7.60. The van der Waals surface area contributed by atoms with E-state index < -0.39 is 58.1 Å². The van der Waals surface area contributed by atoms with Crippen LogP contribution in [0.1, 0.15) is 6.23 Å². The van der Waals surface area contributed by atoms with E-state index in [1.807, 2.05) is 4.98 Å². The van der Waals surface area contributed by atoms with Crippen LogP contribution in [0.5, 0.6) is 0 Å². The predicted molar refractivity (Wildman–Crippen MR) is 75.0 cm³/mol. The number of nitrogens with zero attached hydrogens (tertiary/aromatic N) is 1. The molecule has 1 aromatic rings. The fraction of sp³-hybridized carbons (Fsp3) is 0.556. The molecule has 2 rings (SSSR count). The van der Waals surface area contributed by atoms with Crippen LogP contribution in [0.3, 0.4) is 0 Å². The molecule has 0 amide bonds. The second kappa shape index (κ2) is 7.19. The van der Waals surface area contributed by atoms with Crippen molar-refractivity contribution in [2.24, 2.45) is 0 Å². The van der Waals surface area contributed by atoms with Gasteiger partial charge in [-0.2, -0.15) is 4.31 Å². The fourth-order valence-corrected chi connectivity index (χ4v) is 3.62. The topological polar surface area (TPSA) is 198 Å². The first-order chi connectivity index (χ1) is 11.4. The summed E-state index contributed by atoms with van der Waals surface area (Å²) in [6.45, 7) is -0.982. The van der Waals surface area contributed by atoms with Crippen LogP contribution in [0.15, 0.2) is 21.9 Å². The number of ether oxygens (including phenoxy) is 1. The van der Waals surface area contributed by atoms with Crippen LogP contribution < -0.4 is 11.2 Å². The van der Waals surface area contributed by atoms with Gasteiger partial charge in [0.2, 0.25) is 0 Å². The highest BCUT2D eigenvalue weighted by Gasteiger charge is 2.47. The van der Waals surface area contributed by atoms with Crippen molar-refractivity contribution in [3.8, 4) is 0 Å². The number of phosphoric ester groups is 1. The van der Waals surface area contributed by atoms with Gasteiger partial charge in [-0.15, -0.1) is 0 Å². The van der Waals surface area contributed by atoms with Crippen molar-refractivity contribution in [1.82, 2.24) is 9.55 Å². The molecule has 13 nitrogen and oxygen atoms in total. The largest absolute Gasteiger partial charge is 0.481 e. The average Bonchev–Trinajstić information content (AvgIpc) is 2.71. The third-order valence-electron chi connectivity index (χ3n) is 3.03. The van der Waals surface area contributed by atoms with E-state index >= 15 is 0 Å². The van der Waals surface area contributed by atoms with Crippen LogP contribution in [0.25, 0.3) is 0 Å². The Morgan fingerprint density at radius 3 is 2.52 bits per heavy atom. The van der Waals surface area contributed by atoms with Crippen LogP contribution in [-0.2, 0) is 22.7 Å². The Labute approximate surface area is 137 Å². The Balaban J connectivity index is 2.09. The first kappa shape index (κ1) is 20.1. The zero-order valence-corrected chi connectivity index (χ0v) is 13.8. The van der Waals surface area contributed by atoms with Gasteiger partial charge in [0.15, 0.2) is 12.4 Å². The Morgan fingerprint density at radius 1 is 1.32 bits per heavy atom. The van der Waals surface area contributed by atoms with Gasteiger partial charge in [-0.3, -0.25) is 18.9 Å². The average molecular weight is 406 g/mol. The molecule has 1 aliphatic heterocycles. The van der Waals surface area contributed by atoms with Crippen LogP contribution in [-0.4, -0.2) is 54.3 Å². The molecule has 1 saturated heterocycles. The minimum absolute atomic E-state index is 0.639. The number of aromatic amines is 1. The molecule has 0 spiro atoms. The second-order valence-corrected chi connectivity index (χ2v) is 7.68. The number of rotatable bonds is 6. The number of hydrogen-bond acceptors (Lipinski definition) is 8. The lowest BCUT2D eigenvalue weighted by atomic mass is 10.1. The summed E-state index contributed by atoms with van der Waals surface area (Å²) in [5.74, 6) is 0. The maximum atomic E-state index is 14.1. The minimum Gasteiger partial charge on any atom is -0.387 e. The maximum Gasteiger partial charge on any atom is 0.481 e. The maximum absolute atomic E-state index is 14.1. The lowest BCUT2D eigenvalue weighted by Gasteiger charge is -2.17. The number of halogens is 1. The van der Waals surface area contributed by atoms with Crippen molar-refractivity contribution in [2.45, 2.75) is 24.6 Å². The molecule has 1 aliphatic rings. The fourth-order valence-electron chi connectivity index (χ4n) is 2.02. The number of alkyl halides is 1. The summed E-state index contributed by atoms with van der Waals surface area (Å²) < 4.78 is 49.4. The predicted octanol–water partition coefficient (Wildman–Crippen LogP) is -1.64. The van der Waals surface area contributed by atoms with E-state index in [1.165, 1.54) is 0 Å². The van der Waals surface area contributed by atoms with Crippen molar-refractivity contribution >= 4 is 15.6 Å². The Hall–Kier alpha value is -1.21. The zero-order valence-electron chi connectivity index (χ0n) is 12.0. The summed E-state index contributed by atoms with van der Waals surface area (Å²) in [4.78, 5) is 50.5. The van der Waals surface area contributed by atoms with Gasteiger partial charge in [0.25, 0.3) is 5.56 Å². The molecule has 0 saturated carbocycles. The van der Waals surface area contributed by atoms with Crippen molar-refractivity contribution in [1.29, 1.82) is 0 Å². The van der Waals surface area contributed by atoms with Gasteiger partial charge in [-0.05, 0) is 0 Å². The first-order valence-corrected chi connectivity index (χ1v) is 9.45. The highest BCUT2D eigenvalue weighted by Crippen LogP contribution is 2.57. The van der Waals surface area contributed by atoms with Crippen LogP contribution in [0.2, 0.25) is 0 Å². The van der Waals surface area contributed by atoms with Crippen molar-refractivity contribution < 1.29 is 46.9 Å². The molecule has 0 aromatic carbocycles. The van der Waals surface area contributed by atoms with Crippen molar-refractivity contribution in [3.05, 3.63) is 33.1 Å². The number of hydrogen-bond donors (Lipinski definition) is 5. The second-order valence-electron chi connectivity index (χ2n) is 4.85. The lowest BCUT2D eigenvalue weighted by molar-refractivity contribution is -0.0482. The molecule has 0 bridgehead atoms. The smallest absolute Gasteiger partial charge is 0.387 e. The van der Waals surface area contributed by atoms with Crippen molar-refractivity contribution in [2.75, 3.05) is 6.61 Å². The third kappa shape index (κ3) is 5.14. The standard InChI is InChI=1S/C9H13FN2O11P2/c10-6-7(14)4(3-21-25(19,20)23-24(16,17)18)22-8(6)12-2-1-5(13)11-9(12)15/h1-2,4,6-8,14H,3H2,(H,19,20)(H,11,13,15)(H2,16,17,18)/t4-,6+,7-,8-/m1/s1. The molecule has 142 valence electrons. The Morgan fingerprint density at radius 2 is 1.96 bits per heavy atom. The summed E-state index contributed by atoms with van der Waals surface area (Å²) in [5, 5.41) is 9.73. The number of aliphatic hydroxyl groups excluding tert-OH is 1. The van der Waals surface area contributed by atoms with Gasteiger partial charge < -0.3 is 24.5 Å². The summed E-state index contributed by atoms with van der Waals surface area (Å²) in [7, 11) is -10.6. The highest BCUT2D eigenvalue weighted by atomic mass is 31.3. The summed E-state index contributed by atoms with van der Waals surface area (Å²) >= 11 is 0. The molecule has 5 atom stereocenters. The number of aromatic nitrogens is 2. The van der Waals surface area contributed by atoms with E-state index in [9.17, 15) is 28.2 Å². The third-order valence-corrected chi connectivity index (χ3v) is 5.18. The summed E-state index contributed by atoms with van der Waals surface area (Å²) in [6, 6.07) is 0.906. The number of H-pyrrole nitrogens is 1. The van der Waals surface area contributed by atoms with Crippen LogP contribution in [0, 0.1) is 0 Å². The number of aliphatic hydroxyl groups is 1. The van der Waals surface area contributed by atoms with E-state index in [0.29, 0.717) is 4.57 Å². The molecule has 0 aliphatic carbocycles. The molecule has 5 N–H and O–H groups in total.